The van der Waals surface area contributed by atoms with Gasteiger partial charge in [0.15, 0.2) is 11.2 Å². The average molecular weight is 374 g/mol. The molecule has 0 bridgehead atoms. The first-order valence-corrected chi connectivity index (χ1v) is 8.47. The number of halogens is 1. The van der Waals surface area contributed by atoms with E-state index in [1.165, 1.54) is 35.6 Å². The minimum atomic E-state index is -0.790. The molecule has 0 fully saturated rings. The number of anilines is 1. The van der Waals surface area contributed by atoms with Gasteiger partial charge in [0.05, 0.1) is 5.69 Å². The van der Waals surface area contributed by atoms with Crippen LogP contribution in [0, 0.1) is 5.82 Å². The number of nitrogens with zero attached hydrogens (tertiary/aromatic N) is 1. The molecule has 4 N–H and O–H groups in total. The lowest BCUT2D eigenvalue weighted by Gasteiger charge is -2.13. The number of hydrogen-bond acceptors (Lipinski definition) is 5. The van der Waals surface area contributed by atoms with Crippen molar-refractivity contribution < 1.29 is 18.7 Å². The molecular formula is C17H15FN4O3S. The second-order valence-corrected chi connectivity index (χ2v) is 6.27. The van der Waals surface area contributed by atoms with Gasteiger partial charge in [-0.3, -0.25) is 14.9 Å². The number of nitrogens with one attached hydrogen (secondary N) is 2. The number of primary amides is 1. The fraction of sp³-hybridized carbons (Fsp3) is 0.118. The Kier molecular flexibility index (Phi) is 4.99. The van der Waals surface area contributed by atoms with Gasteiger partial charge in [-0.05, 0) is 37.3 Å². The van der Waals surface area contributed by atoms with E-state index in [9.17, 15) is 14.0 Å². The van der Waals surface area contributed by atoms with Crippen LogP contribution in [0.15, 0.2) is 41.9 Å². The van der Waals surface area contributed by atoms with Crippen LogP contribution in [0.2, 0.25) is 0 Å². The van der Waals surface area contributed by atoms with Crippen LogP contribution in [0.4, 0.5) is 9.52 Å². The summed E-state index contributed by atoms with van der Waals surface area (Å²) in [6, 6.07) is 6.99. The molecule has 0 saturated heterocycles. The van der Waals surface area contributed by atoms with Crippen LogP contribution < -0.4 is 15.8 Å². The number of amides is 2. The minimum absolute atomic E-state index is 0.278. The molecule has 134 valence electrons. The van der Waals surface area contributed by atoms with Gasteiger partial charge < -0.3 is 15.5 Å². The number of carbonyl (C=O) groups excluding carboxylic acids is 2. The van der Waals surface area contributed by atoms with E-state index in [4.69, 9.17) is 10.5 Å². The van der Waals surface area contributed by atoms with Gasteiger partial charge in [0.1, 0.15) is 17.3 Å². The molecule has 1 aromatic carbocycles. The van der Waals surface area contributed by atoms with E-state index in [1.54, 1.807) is 24.6 Å². The van der Waals surface area contributed by atoms with Gasteiger partial charge in [-0.25, -0.2) is 9.37 Å². The van der Waals surface area contributed by atoms with Crippen molar-refractivity contribution in [2.75, 3.05) is 5.32 Å². The van der Waals surface area contributed by atoms with Gasteiger partial charge >= 0.3 is 0 Å². The first-order valence-electron chi connectivity index (χ1n) is 7.59. The molecule has 1 unspecified atom stereocenters. The SMILES string of the molecule is CC(Oc1ccc(F)cc1)C(=O)Nc1nc(-c2c[nH]c(C(N)=O)c2)cs1. The second-order valence-electron chi connectivity index (χ2n) is 5.41. The largest absolute Gasteiger partial charge is 0.481 e. The van der Waals surface area contributed by atoms with Crippen molar-refractivity contribution in [3.8, 4) is 17.0 Å². The molecule has 3 rings (SSSR count). The molecule has 9 heteroatoms. The Bertz CT molecular complexity index is 936. The number of nitrogens with two attached hydrogens (primary N) is 1. The van der Waals surface area contributed by atoms with Crippen molar-refractivity contribution in [2.24, 2.45) is 5.73 Å². The lowest BCUT2D eigenvalue weighted by Crippen LogP contribution is -2.30. The Balaban J connectivity index is 1.63. The third-order valence-corrected chi connectivity index (χ3v) is 4.23. The summed E-state index contributed by atoms with van der Waals surface area (Å²) in [7, 11) is 0. The zero-order chi connectivity index (χ0) is 18.7. The number of hydrogen-bond donors (Lipinski definition) is 3. The molecule has 2 amide bonds. The molecule has 3 aromatic rings. The molecule has 0 saturated carbocycles. The smallest absolute Gasteiger partial charge is 0.266 e. The summed E-state index contributed by atoms with van der Waals surface area (Å²) >= 11 is 1.24. The van der Waals surface area contributed by atoms with E-state index >= 15 is 0 Å². The summed E-state index contributed by atoms with van der Waals surface area (Å²) in [6.07, 6.45) is 0.822. The zero-order valence-corrected chi connectivity index (χ0v) is 14.5. The van der Waals surface area contributed by atoms with Gasteiger partial charge in [0.2, 0.25) is 0 Å². The zero-order valence-electron chi connectivity index (χ0n) is 13.7. The fourth-order valence-corrected chi connectivity index (χ4v) is 2.85. The summed E-state index contributed by atoms with van der Waals surface area (Å²) < 4.78 is 18.4. The van der Waals surface area contributed by atoms with Crippen molar-refractivity contribution >= 4 is 28.3 Å². The van der Waals surface area contributed by atoms with Gasteiger partial charge in [0.25, 0.3) is 11.8 Å². The Morgan fingerprint density at radius 1 is 1.35 bits per heavy atom. The van der Waals surface area contributed by atoms with E-state index < -0.39 is 12.0 Å². The molecule has 0 aliphatic heterocycles. The summed E-state index contributed by atoms with van der Waals surface area (Å²) in [5.41, 5.74) is 6.76. The standard InChI is InChI=1S/C17H15FN4O3S/c1-9(25-12-4-2-11(18)3-5-12)16(24)22-17-21-14(8-26-17)10-6-13(15(19)23)20-7-10/h2-9,20H,1H3,(H2,19,23)(H,21,22,24). The van der Waals surface area contributed by atoms with Crippen LogP contribution in [-0.4, -0.2) is 27.9 Å². The second kappa shape index (κ2) is 7.36. The maximum Gasteiger partial charge on any atom is 0.266 e. The van der Waals surface area contributed by atoms with Crippen molar-refractivity contribution in [1.82, 2.24) is 9.97 Å². The van der Waals surface area contributed by atoms with E-state index in [-0.39, 0.29) is 17.4 Å². The number of ether oxygens (including phenoxy) is 1. The summed E-state index contributed by atoms with van der Waals surface area (Å²) in [5.74, 6) is -0.942. The molecule has 0 aliphatic rings. The van der Waals surface area contributed by atoms with Crippen LogP contribution in [0.5, 0.6) is 5.75 Å². The number of aromatic nitrogens is 2. The Labute approximate surface area is 152 Å². The molecule has 26 heavy (non-hydrogen) atoms. The highest BCUT2D eigenvalue weighted by molar-refractivity contribution is 7.14. The number of rotatable bonds is 6. The lowest BCUT2D eigenvalue weighted by atomic mass is 10.2. The van der Waals surface area contributed by atoms with Gasteiger partial charge in [-0.1, -0.05) is 0 Å². The van der Waals surface area contributed by atoms with Gasteiger partial charge in [-0.2, -0.15) is 0 Å². The van der Waals surface area contributed by atoms with Crippen LogP contribution in [0.1, 0.15) is 17.4 Å². The molecule has 2 aromatic heterocycles. The summed E-state index contributed by atoms with van der Waals surface area (Å²) in [6.45, 7) is 1.58. The highest BCUT2D eigenvalue weighted by Gasteiger charge is 2.17. The van der Waals surface area contributed by atoms with Crippen molar-refractivity contribution in [1.29, 1.82) is 0 Å². The molecule has 0 radical (unpaired) electrons. The molecule has 1 atom stereocenters. The molecular weight excluding hydrogens is 359 g/mol. The van der Waals surface area contributed by atoms with Crippen molar-refractivity contribution in [2.45, 2.75) is 13.0 Å². The van der Waals surface area contributed by atoms with E-state index in [1.807, 2.05) is 0 Å². The van der Waals surface area contributed by atoms with Crippen LogP contribution in [0.3, 0.4) is 0 Å². The number of aromatic amines is 1. The molecule has 0 aliphatic carbocycles. The van der Waals surface area contributed by atoms with Crippen LogP contribution >= 0.6 is 11.3 Å². The normalized spacial score (nSPS) is 11.8. The first-order chi connectivity index (χ1) is 12.4. The lowest BCUT2D eigenvalue weighted by molar-refractivity contribution is -0.122. The highest BCUT2D eigenvalue weighted by atomic mass is 32.1. The molecule has 2 heterocycles. The molecule has 0 spiro atoms. The van der Waals surface area contributed by atoms with E-state index in [0.29, 0.717) is 22.1 Å². The quantitative estimate of drug-likeness (QED) is 0.616. The number of benzene rings is 1. The highest BCUT2D eigenvalue weighted by Crippen LogP contribution is 2.25. The van der Waals surface area contributed by atoms with E-state index in [0.717, 1.165) is 0 Å². The Hall–Kier alpha value is -3.20. The first kappa shape index (κ1) is 17.6. The summed E-state index contributed by atoms with van der Waals surface area (Å²) in [5, 5.41) is 4.80. The molecule has 7 nitrogen and oxygen atoms in total. The van der Waals surface area contributed by atoms with Crippen LogP contribution in [0.25, 0.3) is 11.3 Å². The third kappa shape index (κ3) is 4.06. The average Bonchev–Trinajstić information content (AvgIpc) is 3.26. The number of carbonyl (C=O) groups is 2. The monoisotopic (exact) mass is 374 g/mol. The van der Waals surface area contributed by atoms with Crippen molar-refractivity contribution in [3.05, 3.63) is 53.4 Å². The Morgan fingerprint density at radius 2 is 2.08 bits per heavy atom. The van der Waals surface area contributed by atoms with E-state index in [2.05, 4.69) is 15.3 Å². The third-order valence-electron chi connectivity index (χ3n) is 3.47. The fourth-order valence-electron chi connectivity index (χ4n) is 2.13. The maximum atomic E-state index is 12.9. The minimum Gasteiger partial charge on any atom is -0.481 e. The van der Waals surface area contributed by atoms with Crippen molar-refractivity contribution in [3.63, 3.8) is 0 Å². The van der Waals surface area contributed by atoms with Gasteiger partial charge in [-0.15, -0.1) is 11.3 Å². The Morgan fingerprint density at radius 3 is 2.73 bits per heavy atom. The van der Waals surface area contributed by atoms with Crippen LogP contribution in [-0.2, 0) is 4.79 Å². The predicted molar refractivity (Wildman–Crippen MR) is 95.5 cm³/mol. The number of H-pyrrole nitrogens is 1. The topological polar surface area (TPSA) is 110 Å². The van der Waals surface area contributed by atoms with Gasteiger partial charge in [0, 0.05) is 17.1 Å². The number of thiazole rings is 1. The maximum absolute atomic E-state index is 12.9. The summed E-state index contributed by atoms with van der Waals surface area (Å²) in [4.78, 5) is 30.4. The predicted octanol–water partition coefficient (Wildman–Crippen LogP) is 2.78.